The van der Waals surface area contributed by atoms with Gasteiger partial charge in [-0.15, -0.1) is 0 Å². The number of aryl methyl sites for hydroxylation is 1. The zero-order valence-electron chi connectivity index (χ0n) is 11.5. The topological polar surface area (TPSA) is 92.9 Å². The summed E-state index contributed by atoms with van der Waals surface area (Å²) in [4.78, 5) is 20.2. The van der Waals surface area contributed by atoms with Crippen molar-refractivity contribution in [1.29, 1.82) is 0 Å². The predicted molar refractivity (Wildman–Crippen MR) is 73.5 cm³/mol. The van der Waals surface area contributed by atoms with Crippen LogP contribution >= 0.6 is 0 Å². The number of aromatic nitrogens is 3. The van der Waals surface area contributed by atoms with Crippen molar-refractivity contribution < 1.29 is 9.32 Å². The maximum atomic E-state index is 11.9. The summed E-state index contributed by atoms with van der Waals surface area (Å²) in [6.45, 7) is 4.91. The number of carbonyl (C=O) groups is 1. The smallest absolute Gasteiger partial charge is 0.269 e. The van der Waals surface area contributed by atoms with E-state index in [1.807, 2.05) is 13.0 Å². The van der Waals surface area contributed by atoms with Gasteiger partial charge in [0, 0.05) is 19.5 Å². The van der Waals surface area contributed by atoms with Crippen molar-refractivity contribution in [1.82, 2.24) is 20.4 Å². The molecule has 0 saturated carbocycles. The number of amides is 1. The third kappa shape index (κ3) is 3.78. The van der Waals surface area contributed by atoms with Crippen molar-refractivity contribution in [2.24, 2.45) is 0 Å². The fourth-order valence-electron chi connectivity index (χ4n) is 1.66. The van der Waals surface area contributed by atoms with E-state index in [-0.39, 0.29) is 5.91 Å². The van der Waals surface area contributed by atoms with Gasteiger partial charge >= 0.3 is 0 Å². The van der Waals surface area contributed by atoms with Crippen LogP contribution in [0.1, 0.15) is 29.1 Å². The molecule has 2 aromatic heterocycles. The van der Waals surface area contributed by atoms with E-state index in [4.69, 9.17) is 4.52 Å². The lowest BCUT2D eigenvalue weighted by Gasteiger charge is -2.05. The molecule has 0 aromatic carbocycles. The summed E-state index contributed by atoms with van der Waals surface area (Å²) in [7, 11) is 0. The van der Waals surface area contributed by atoms with Crippen LogP contribution < -0.4 is 10.6 Å². The molecule has 0 unspecified atom stereocenters. The molecule has 2 rings (SSSR count). The van der Waals surface area contributed by atoms with Gasteiger partial charge in [0.05, 0.1) is 0 Å². The fraction of sp³-hybridized carbons (Fsp3) is 0.385. The molecular weight excluding hydrogens is 258 g/mol. The Bertz CT molecular complexity index is 582. The predicted octanol–water partition coefficient (Wildman–Crippen LogP) is 1.18. The Labute approximate surface area is 116 Å². The van der Waals surface area contributed by atoms with Gasteiger partial charge in [0.1, 0.15) is 11.5 Å². The molecule has 0 saturated heterocycles. The van der Waals surface area contributed by atoms with Crippen LogP contribution in [0.3, 0.4) is 0 Å². The molecule has 7 nitrogen and oxygen atoms in total. The highest BCUT2D eigenvalue weighted by Gasteiger charge is 2.08. The van der Waals surface area contributed by atoms with Gasteiger partial charge in [0.15, 0.2) is 5.82 Å². The van der Waals surface area contributed by atoms with Crippen molar-refractivity contribution in [2.75, 3.05) is 18.4 Å². The van der Waals surface area contributed by atoms with Crippen LogP contribution in [0.25, 0.3) is 0 Å². The number of rotatable bonds is 6. The maximum absolute atomic E-state index is 11.9. The molecular formula is C13H17N5O2. The molecule has 0 aliphatic heterocycles. The quantitative estimate of drug-likeness (QED) is 0.822. The minimum atomic E-state index is -0.221. The fourth-order valence-corrected chi connectivity index (χ4v) is 1.66. The van der Waals surface area contributed by atoms with Gasteiger partial charge in [-0.05, 0) is 26.0 Å². The first kappa shape index (κ1) is 14.0. The Kier molecular flexibility index (Phi) is 4.65. The van der Waals surface area contributed by atoms with Crippen LogP contribution in [0.15, 0.2) is 22.7 Å². The van der Waals surface area contributed by atoms with Crippen LogP contribution in [0, 0.1) is 6.92 Å². The monoisotopic (exact) mass is 275 g/mol. The second-order valence-electron chi connectivity index (χ2n) is 4.18. The van der Waals surface area contributed by atoms with E-state index in [2.05, 4.69) is 25.8 Å². The second kappa shape index (κ2) is 6.65. The molecule has 20 heavy (non-hydrogen) atoms. The van der Waals surface area contributed by atoms with E-state index in [9.17, 15) is 4.79 Å². The highest BCUT2D eigenvalue weighted by molar-refractivity contribution is 5.92. The molecule has 1 amide bonds. The van der Waals surface area contributed by atoms with Gasteiger partial charge in [-0.2, -0.15) is 4.98 Å². The van der Waals surface area contributed by atoms with Crippen LogP contribution in [-0.4, -0.2) is 34.1 Å². The number of nitrogens with zero attached hydrogens (tertiary/aromatic N) is 3. The second-order valence-corrected chi connectivity index (χ2v) is 4.18. The van der Waals surface area contributed by atoms with E-state index < -0.39 is 0 Å². The van der Waals surface area contributed by atoms with E-state index in [1.54, 1.807) is 19.1 Å². The van der Waals surface area contributed by atoms with E-state index in [0.29, 0.717) is 36.2 Å². The zero-order chi connectivity index (χ0) is 14.4. The molecule has 106 valence electrons. The van der Waals surface area contributed by atoms with Gasteiger partial charge in [0.2, 0.25) is 5.89 Å². The molecule has 0 spiro atoms. The lowest BCUT2D eigenvalue weighted by molar-refractivity contribution is 0.0948. The lowest BCUT2D eigenvalue weighted by Crippen LogP contribution is -2.26. The first-order chi connectivity index (χ1) is 9.69. The summed E-state index contributed by atoms with van der Waals surface area (Å²) < 4.78 is 4.96. The Balaban J connectivity index is 1.86. The molecule has 0 atom stereocenters. The van der Waals surface area contributed by atoms with Crippen LogP contribution in [-0.2, 0) is 6.42 Å². The highest BCUT2D eigenvalue weighted by Crippen LogP contribution is 2.04. The van der Waals surface area contributed by atoms with Crippen molar-refractivity contribution in [2.45, 2.75) is 20.3 Å². The molecule has 7 heteroatoms. The Morgan fingerprint density at radius 2 is 2.20 bits per heavy atom. The third-order valence-electron chi connectivity index (χ3n) is 2.53. The molecule has 0 bridgehead atoms. The van der Waals surface area contributed by atoms with E-state index in [1.165, 1.54) is 0 Å². The van der Waals surface area contributed by atoms with Gasteiger partial charge in [-0.3, -0.25) is 4.79 Å². The molecule has 2 N–H and O–H groups in total. The van der Waals surface area contributed by atoms with Gasteiger partial charge < -0.3 is 15.2 Å². The average molecular weight is 275 g/mol. The van der Waals surface area contributed by atoms with Crippen molar-refractivity contribution in [3.05, 3.63) is 35.6 Å². The number of hydrogen-bond acceptors (Lipinski definition) is 6. The summed E-state index contributed by atoms with van der Waals surface area (Å²) in [5.41, 5.74) is 0.380. The third-order valence-corrected chi connectivity index (χ3v) is 2.53. The Morgan fingerprint density at radius 3 is 2.90 bits per heavy atom. The molecule has 0 fully saturated rings. The summed E-state index contributed by atoms with van der Waals surface area (Å²) in [6, 6.07) is 5.29. The zero-order valence-corrected chi connectivity index (χ0v) is 11.5. The molecule has 2 aromatic rings. The van der Waals surface area contributed by atoms with Crippen LogP contribution in [0.2, 0.25) is 0 Å². The Morgan fingerprint density at radius 1 is 1.35 bits per heavy atom. The van der Waals surface area contributed by atoms with Gasteiger partial charge in [-0.1, -0.05) is 11.2 Å². The number of nitrogens with one attached hydrogen (secondary N) is 2. The Hall–Kier alpha value is -2.44. The summed E-state index contributed by atoms with van der Waals surface area (Å²) >= 11 is 0. The summed E-state index contributed by atoms with van der Waals surface area (Å²) in [5, 5.41) is 9.52. The van der Waals surface area contributed by atoms with E-state index >= 15 is 0 Å². The van der Waals surface area contributed by atoms with Crippen molar-refractivity contribution >= 4 is 11.7 Å². The van der Waals surface area contributed by atoms with E-state index in [0.717, 1.165) is 6.54 Å². The lowest BCUT2D eigenvalue weighted by atomic mass is 10.3. The average Bonchev–Trinajstić information content (AvgIpc) is 2.85. The first-order valence-corrected chi connectivity index (χ1v) is 6.47. The van der Waals surface area contributed by atoms with Gasteiger partial charge in [0.25, 0.3) is 5.91 Å². The number of hydrogen-bond donors (Lipinski definition) is 2. The molecule has 0 aliphatic rings. The van der Waals surface area contributed by atoms with Crippen molar-refractivity contribution in [3.8, 4) is 0 Å². The van der Waals surface area contributed by atoms with Gasteiger partial charge in [-0.25, -0.2) is 4.98 Å². The highest BCUT2D eigenvalue weighted by atomic mass is 16.5. The summed E-state index contributed by atoms with van der Waals surface area (Å²) in [6.07, 6.45) is 0.499. The number of anilines is 1. The largest absolute Gasteiger partial charge is 0.370 e. The maximum Gasteiger partial charge on any atom is 0.269 e. The first-order valence-electron chi connectivity index (χ1n) is 6.47. The normalized spacial score (nSPS) is 10.3. The minimum Gasteiger partial charge on any atom is -0.370 e. The van der Waals surface area contributed by atoms with Crippen LogP contribution in [0.4, 0.5) is 5.82 Å². The molecule has 2 heterocycles. The molecule has 0 radical (unpaired) electrons. The standard InChI is InChI=1S/C13H17N5O2/c1-3-14-11-6-4-5-10(17-11)13(19)15-8-7-12-16-9(2)18-20-12/h4-6H,3,7-8H2,1-2H3,(H,14,17)(H,15,19). The number of carbonyl (C=O) groups excluding carboxylic acids is 1. The van der Waals surface area contributed by atoms with Crippen LogP contribution in [0.5, 0.6) is 0 Å². The van der Waals surface area contributed by atoms with Crippen molar-refractivity contribution in [3.63, 3.8) is 0 Å². The number of pyridine rings is 1. The minimum absolute atomic E-state index is 0.221. The summed E-state index contributed by atoms with van der Waals surface area (Å²) in [5.74, 6) is 1.57. The SMILES string of the molecule is CCNc1cccc(C(=O)NCCc2nc(C)no2)n1. The molecule has 0 aliphatic carbocycles.